The summed E-state index contributed by atoms with van der Waals surface area (Å²) in [5, 5.41) is 4.10. The summed E-state index contributed by atoms with van der Waals surface area (Å²) < 4.78 is 2.36. The summed E-state index contributed by atoms with van der Waals surface area (Å²) in [6, 6.07) is 6.35. The second-order valence-corrected chi connectivity index (χ2v) is 8.54. The molecule has 1 aliphatic carbocycles. The molecule has 1 saturated carbocycles. The Morgan fingerprint density at radius 2 is 2.11 bits per heavy atom. The standard InChI is InChI=1S/C21H24N4OS/c26-19(12-15-8-11-27-14-15)24-10-7-17(13-24)25-20(16-4-1-2-5-16)23-18-6-3-9-22-21(18)25/h3,6,8-9,11,14,16-17H,1-2,4-5,7,10,12-13H2/t17-/m1/s1. The fourth-order valence-corrected chi connectivity index (χ4v) is 5.31. The Morgan fingerprint density at radius 3 is 2.93 bits per heavy atom. The normalized spacial score (nSPS) is 20.7. The lowest BCUT2D eigenvalue weighted by molar-refractivity contribution is -0.129. The smallest absolute Gasteiger partial charge is 0.227 e. The van der Waals surface area contributed by atoms with Gasteiger partial charge in [0.15, 0.2) is 5.65 Å². The minimum absolute atomic E-state index is 0.232. The fraction of sp³-hybridized carbons (Fsp3) is 0.476. The van der Waals surface area contributed by atoms with Gasteiger partial charge < -0.3 is 9.47 Å². The largest absolute Gasteiger partial charge is 0.340 e. The first-order valence-electron chi connectivity index (χ1n) is 9.91. The third-order valence-corrected chi connectivity index (χ3v) is 6.75. The predicted molar refractivity (Wildman–Crippen MR) is 107 cm³/mol. The van der Waals surface area contributed by atoms with Crippen LogP contribution >= 0.6 is 11.3 Å². The van der Waals surface area contributed by atoms with Gasteiger partial charge in [-0.1, -0.05) is 12.8 Å². The Labute approximate surface area is 163 Å². The van der Waals surface area contributed by atoms with E-state index in [-0.39, 0.29) is 11.9 Å². The molecule has 27 heavy (non-hydrogen) atoms. The second kappa shape index (κ2) is 7.08. The molecule has 3 aromatic rings. The monoisotopic (exact) mass is 380 g/mol. The SMILES string of the molecule is O=C(Cc1ccsc1)N1CC[C@@H](n2c(C3CCCC3)nc3cccnc32)C1. The van der Waals surface area contributed by atoms with Crippen molar-refractivity contribution in [3.8, 4) is 0 Å². The van der Waals surface area contributed by atoms with Crippen molar-refractivity contribution in [2.45, 2.75) is 50.5 Å². The lowest BCUT2D eigenvalue weighted by Crippen LogP contribution is -2.30. The summed E-state index contributed by atoms with van der Waals surface area (Å²) in [4.78, 5) is 24.4. The van der Waals surface area contributed by atoms with E-state index in [9.17, 15) is 4.79 Å². The number of likely N-dealkylation sites (tertiary alicyclic amines) is 1. The minimum atomic E-state index is 0.232. The third kappa shape index (κ3) is 3.16. The summed E-state index contributed by atoms with van der Waals surface area (Å²) >= 11 is 1.65. The highest BCUT2D eigenvalue weighted by Crippen LogP contribution is 2.38. The van der Waals surface area contributed by atoms with E-state index in [2.05, 4.69) is 21.0 Å². The summed E-state index contributed by atoms with van der Waals surface area (Å²) in [5.41, 5.74) is 3.09. The molecular formula is C21H24N4OS. The molecule has 0 bridgehead atoms. The molecule has 0 radical (unpaired) electrons. The average molecular weight is 381 g/mol. The van der Waals surface area contributed by atoms with Gasteiger partial charge in [0, 0.05) is 25.2 Å². The molecular weight excluding hydrogens is 356 g/mol. The van der Waals surface area contributed by atoms with Crippen LogP contribution in [-0.2, 0) is 11.2 Å². The molecule has 1 aliphatic heterocycles. The van der Waals surface area contributed by atoms with Gasteiger partial charge in [-0.05, 0) is 53.8 Å². The maximum atomic E-state index is 12.7. The van der Waals surface area contributed by atoms with Gasteiger partial charge in [0.2, 0.25) is 5.91 Å². The van der Waals surface area contributed by atoms with Crippen molar-refractivity contribution in [3.63, 3.8) is 0 Å². The third-order valence-electron chi connectivity index (χ3n) is 6.01. The lowest BCUT2D eigenvalue weighted by atomic mass is 10.1. The average Bonchev–Trinajstić information content (AvgIpc) is 3.46. The first-order chi connectivity index (χ1) is 13.3. The van der Waals surface area contributed by atoms with Crippen molar-refractivity contribution in [2.24, 2.45) is 0 Å². The van der Waals surface area contributed by atoms with Gasteiger partial charge in [-0.2, -0.15) is 11.3 Å². The van der Waals surface area contributed by atoms with Crippen LogP contribution in [-0.4, -0.2) is 38.4 Å². The van der Waals surface area contributed by atoms with Crippen molar-refractivity contribution < 1.29 is 4.79 Å². The summed E-state index contributed by atoms with van der Waals surface area (Å²) in [7, 11) is 0. The van der Waals surface area contributed by atoms with E-state index in [0.29, 0.717) is 12.3 Å². The van der Waals surface area contributed by atoms with E-state index >= 15 is 0 Å². The first-order valence-corrected chi connectivity index (χ1v) is 10.9. The van der Waals surface area contributed by atoms with Crippen LogP contribution in [0.1, 0.15) is 55.5 Å². The van der Waals surface area contributed by atoms with Crippen molar-refractivity contribution >= 4 is 28.4 Å². The van der Waals surface area contributed by atoms with Crippen molar-refractivity contribution in [3.05, 3.63) is 46.5 Å². The molecule has 0 N–H and O–H groups in total. The molecule has 5 nitrogen and oxygen atoms in total. The number of imidazole rings is 1. The zero-order valence-corrected chi connectivity index (χ0v) is 16.2. The molecule has 1 amide bonds. The topological polar surface area (TPSA) is 51.0 Å². The van der Waals surface area contributed by atoms with Gasteiger partial charge >= 0.3 is 0 Å². The zero-order valence-electron chi connectivity index (χ0n) is 15.4. The lowest BCUT2D eigenvalue weighted by Gasteiger charge is -2.20. The Morgan fingerprint density at radius 1 is 1.22 bits per heavy atom. The fourth-order valence-electron chi connectivity index (χ4n) is 4.64. The summed E-state index contributed by atoms with van der Waals surface area (Å²) in [6.45, 7) is 1.59. The zero-order chi connectivity index (χ0) is 18.2. The van der Waals surface area contributed by atoms with Crippen molar-refractivity contribution in [2.75, 3.05) is 13.1 Å². The predicted octanol–water partition coefficient (Wildman–Crippen LogP) is 4.17. The maximum Gasteiger partial charge on any atom is 0.227 e. The molecule has 2 aliphatic rings. The van der Waals surface area contributed by atoms with E-state index in [1.54, 1.807) is 11.3 Å². The molecule has 5 rings (SSSR count). The van der Waals surface area contributed by atoms with Gasteiger partial charge in [-0.15, -0.1) is 0 Å². The Balaban J connectivity index is 1.42. The number of nitrogens with zero attached hydrogens (tertiary/aromatic N) is 4. The van der Waals surface area contributed by atoms with E-state index < -0.39 is 0 Å². The molecule has 2 fully saturated rings. The van der Waals surface area contributed by atoms with Gasteiger partial charge in [-0.3, -0.25) is 4.79 Å². The minimum Gasteiger partial charge on any atom is -0.340 e. The van der Waals surface area contributed by atoms with Gasteiger partial charge in [0.25, 0.3) is 0 Å². The van der Waals surface area contributed by atoms with E-state index in [0.717, 1.165) is 36.2 Å². The van der Waals surface area contributed by atoms with Gasteiger partial charge in [0.1, 0.15) is 11.3 Å². The number of carbonyl (C=O) groups excluding carboxylic acids is 1. The molecule has 1 saturated heterocycles. The Hall–Kier alpha value is -2.21. The summed E-state index contributed by atoms with van der Waals surface area (Å²) in [5.74, 6) is 1.96. The van der Waals surface area contributed by atoms with Crippen LogP contribution in [0.4, 0.5) is 0 Å². The van der Waals surface area contributed by atoms with E-state index in [1.165, 1.54) is 31.5 Å². The molecule has 4 heterocycles. The Kier molecular flexibility index (Phi) is 4.44. The van der Waals surface area contributed by atoms with Crippen LogP contribution in [0, 0.1) is 0 Å². The molecule has 3 aromatic heterocycles. The number of amides is 1. The number of thiophene rings is 1. The van der Waals surface area contributed by atoms with Crippen LogP contribution in [0.5, 0.6) is 0 Å². The van der Waals surface area contributed by atoms with Crippen LogP contribution in [0.15, 0.2) is 35.2 Å². The molecule has 6 heteroatoms. The first kappa shape index (κ1) is 16.9. The number of hydrogen-bond donors (Lipinski definition) is 0. The van der Waals surface area contributed by atoms with Gasteiger partial charge in [0.05, 0.1) is 12.5 Å². The number of fused-ring (bicyclic) bond motifs is 1. The Bertz CT molecular complexity index is 942. The quantitative estimate of drug-likeness (QED) is 0.683. The van der Waals surface area contributed by atoms with Crippen LogP contribution < -0.4 is 0 Å². The van der Waals surface area contributed by atoms with Crippen molar-refractivity contribution in [1.82, 2.24) is 19.4 Å². The van der Waals surface area contributed by atoms with Gasteiger partial charge in [-0.25, -0.2) is 9.97 Å². The highest BCUT2D eigenvalue weighted by molar-refractivity contribution is 7.08. The van der Waals surface area contributed by atoms with E-state index in [1.807, 2.05) is 28.6 Å². The van der Waals surface area contributed by atoms with E-state index in [4.69, 9.17) is 4.98 Å². The maximum absolute atomic E-state index is 12.7. The molecule has 140 valence electrons. The highest BCUT2D eigenvalue weighted by atomic mass is 32.1. The van der Waals surface area contributed by atoms with Crippen molar-refractivity contribution in [1.29, 1.82) is 0 Å². The number of rotatable bonds is 4. The summed E-state index contributed by atoms with van der Waals surface area (Å²) in [6.07, 6.45) is 8.36. The molecule has 0 aromatic carbocycles. The number of carbonyl (C=O) groups is 1. The van der Waals surface area contributed by atoms with Crippen LogP contribution in [0.25, 0.3) is 11.2 Å². The second-order valence-electron chi connectivity index (χ2n) is 7.76. The van der Waals surface area contributed by atoms with Crippen LogP contribution in [0.2, 0.25) is 0 Å². The highest BCUT2D eigenvalue weighted by Gasteiger charge is 2.33. The molecule has 0 unspecified atom stereocenters. The van der Waals surface area contributed by atoms with Crippen LogP contribution in [0.3, 0.4) is 0 Å². The molecule has 1 atom stereocenters. The number of aromatic nitrogens is 3. The molecule has 0 spiro atoms. The number of hydrogen-bond acceptors (Lipinski definition) is 4. The number of pyridine rings is 1.